The van der Waals surface area contributed by atoms with E-state index in [4.69, 9.17) is 16.7 Å². The highest BCUT2D eigenvalue weighted by Gasteiger charge is 2.18. The lowest BCUT2D eigenvalue weighted by Gasteiger charge is -2.34. The first-order chi connectivity index (χ1) is 9.52. The average molecular weight is 275 g/mol. The second kappa shape index (κ2) is 5.80. The molecule has 0 aromatic heterocycles. The molecule has 20 heavy (non-hydrogen) atoms. The van der Waals surface area contributed by atoms with E-state index in [0.717, 1.165) is 26.2 Å². The molecular weight excluding hydrogens is 257 g/mol. The van der Waals surface area contributed by atoms with Crippen molar-refractivity contribution in [2.45, 2.75) is 0 Å². The molecule has 0 saturated carbocycles. The number of nitrogens with zero attached hydrogens (tertiary/aromatic N) is 3. The van der Waals surface area contributed by atoms with Crippen molar-refractivity contribution in [2.24, 2.45) is 11.5 Å². The topological polar surface area (TPSA) is 82.3 Å². The van der Waals surface area contributed by atoms with Crippen LogP contribution in [0, 0.1) is 17.1 Å². The molecule has 1 fully saturated rings. The van der Waals surface area contributed by atoms with Crippen LogP contribution in [0.4, 0.5) is 10.1 Å². The van der Waals surface area contributed by atoms with Crippen LogP contribution in [0.2, 0.25) is 0 Å². The SMILES string of the molecule is CN1CCN(c2ccc(/C(N)=C(/N)C#N)cc2F)CC1. The quantitative estimate of drug-likeness (QED) is 0.776. The first kappa shape index (κ1) is 14.2. The molecule has 4 N–H and O–H groups in total. The third-order valence-electron chi connectivity index (χ3n) is 3.51. The molecule has 0 aliphatic carbocycles. The van der Waals surface area contributed by atoms with Crippen LogP contribution in [0.1, 0.15) is 5.56 Å². The maximum absolute atomic E-state index is 14.2. The number of halogens is 1. The Balaban J connectivity index is 2.25. The predicted octanol–water partition coefficient (Wildman–Crippen LogP) is 0.687. The minimum absolute atomic E-state index is 0.100. The summed E-state index contributed by atoms with van der Waals surface area (Å²) < 4.78 is 14.2. The third kappa shape index (κ3) is 2.83. The molecule has 6 heteroatoms. The summed E-state index contributed by atoms with van der Waals surface area (Å²) in [5.41, 5.74) is 12.2. The molecule has 0 atom stereocenters. The Morgan fingerprint density at radius 1 is 1.25 bits per heavy atom. The molecule has 0 radical (unpaired) electrons. The molecule has 0 amide bonds. The molecule has 1 saturated heterocycles. The van der Waals surface area contributed by atoms with Crippen molar-refractivity contribution in [3.8, 4) is 6.07 Å². The number of rotatable bonds is 2. The zero-order valence-electron chi connectivity index (χ0n) is 11.4. The summed E-state index contributed by atoms with van der Waals surface area (Å²) in [6.07, 6.45) is 0. The van der Waals surface area contributed by atoms with Crippen molar-refractivity contribution in [2.75, 3.05) is 38.1 Å². The van der Waals surface area contributed by atoms with E-state index in [0.29, 0.717) is 11.3 Å². The van der Waals surface area contributed by atoms with Gasteiger partial charge in [0.2, 0.25) is 0 Å². The van der Waals surface area contributed by atoms with Gasteiger partial charge in [0.1, 0.15) is 17.6 Å². The fourth-order valence-electron chi connectivity index (χ4n) is 2.19. The minimum atomic E-state index is -0.347. The van der Waals surface area contributed by atoms with Crippen molar-refractivity contribution in [3.63, 3.8) is 0 Å². The van der Waals surface area contributed by atoms with Crippen LogP contribution in [-0.2, 0) is 0 Å². The van der Waals surface area contributed by atoms with Gasteiger partial charge in [-0.15, -0.1) is 0 Å². The number of benzene rings is 1. The fourth-order valence-corrected chi connectivity index (χ4v) is 2.19. The van der Waals surface area contributed by atoms with E-state index in [-0.39, 0.29) is 17.2 Å². The molecule has 1 aromatic carbocycles. The van der Waals surface area contributed by atoms with Gasteiger partial charge in [0.05, 0.1) is 11.4 Å². The van der Waals surface area contributed by atoms with Crippen molar-refractivity contribution >= 4 is 11.4 Å². The lowest BCUT2D eigenvalue weighted by molar-refractivity contribution is 0.311. The van der Waals surface area contributed by atoms with E-state index >= 15 is 0 Å². The van der Waals surface area contributed by atoms with Gasteiger partial charge in [0.15, 0.2) is 0 Å². The Bertz CT molecular complexity index is 567. The highest BCUT2D eigenvalue weighted by atomic mass is 19.1. The molecule has 1 aliphatic heterocycles. The summed E-state index contributed by atoms with van der Waals surface area (Å²) in [6, 6.07) is 6.46. The number of piperazine rings is 1. The lowest BCUT2D eigenvalue weighted by atomic mass is 10.1. The maximum atomic E-state index is 14.2. The lowest BCUT2D eigenvalue weighted by Crippen LogP contribution is -2.44. The molecule has 1 aliphatic rings. The molecule has 1 aromatic rings. The van der Waals surface area contributed by atoms with Gasteiger partial charge >= 0.3 is 0 Å². The Morgan fingerprint density at radius 2 is 1.90 bits per heavy atom. The summed E-state index contributed by atoms with van der Waals surface area (Å²) in [4.78, 5) is 4.21. The molecule has 0 spiro atoms. The number of likely N-dealkylation sites (N-methyl/N-ethyl adjacent to an activating group) is 1. The van der Waals surface area contributed by atoms with Crippen LogP contribution in [0.25, 0.3) is 5.70 Å². The van der Waals surface area contributed by atoms with Gasteiger partial charge < -0.3 is 21.3 Å². The number of nitrogens with two attached hydrogens (primary N) is 2. The van der Waals surface area contributed by atoms with Gasteiger partial charge in [0.25, 0.3) is 0 Å². The summed E-state index contributed by atoms with van der Waals surface area (Å²) in [7, 11) is 2.05. The van der Waals surface area contributed by atoms with Crippen LogP contribution in [0.5, 0.6) is 0 Å². The van der Waals surface area contributed by atoms with Crippen LogP contribution in [0.3, 0.4) is 0 Å². The fraction of sp³-hybridized carbons (Fsp3) is 0.357. The number of nitriles is 1. The predicted molar refractivity (Wildman–Crippen MR) is 77.0 cm³/mol. The molecule has 106 valence electrons. The van der Waals surface area contributed by atoms with Crippen molar-refractivity contribution in [3.05, 3.63) is 35.3 Å². The van der Waals surface area contributed by atoms with Crippen LogP contribution >= 0.6 is 0 Å². The van der Waals surface area contributed by atoms with Gasteiger partial charge in [-0.25, -0.2) is 4.39 Å². The molecule has 2 rings (SSSR count). The number of allylic oxidation sites excluding steroid dienone is 1. The van der Waals surface area contributed by atoms with E-state index in [1.807, 2.05) is 11.9 Å². The summed E-state index contributed by atoms with van der Waals surface area (Å²) in [6.45, 7) is 3.39. The summed E-state index contributed by atoms with van der Waals surface area (Å²) in [5.74, 6) is -0.347. The van der Waals surface area contributed by atoms with E-state index in [1.165, 1.54) is 6.07 Å². The van der Waals surface area contributed by atoms with Gasteiger partial charge in [-0.05, 0) is 19.2 Å². The molecule has 5 nitrogen and oxygen atoms in total. The Morgan fingerprint density at radius 3 is 2.45 bits per heavy atom. The zero-order chi connectivity index (χ0) is 14.7. The van der Waals surface area contributed by atoms with Gasteiger partial charge in [-0.1, -0.05) is 6.07 Å². The van der Waals surface area contributed by atoms with E-state index < -0.39 is 0 Å². The number of hydrogen-bond acceptors (Lipinski definition) is 5. The Kier molecular flexibility index (Phi) is 4.11. The van der Waals surface area contributed by atoms with Crippen LogP contribution in [0.15, 0.2) is 23.9 Å². The van der Waals surface area contributed by atoms with Crippen molar-refractivity contribution < 1.29 is 4.39 Å². The first-order valence-corrected chi connectivity index (χ1v) is 6.41. The second-order valence-electron chi connectivity index (χ2n) is 4.90. The Labute approximate surface area is 117 Å². The zero-order valence-corrected chi connectivity index (χ0v) is 11.4. The minimum Gasteiger partial charge on any atom is -0.396 e. The van der Waals surface area contributed by atoms with Crippen LogP contribution < -0.4 is 16.4 Å². The standard InChI is InChI=1S/C14H18FN5/c1-19-4-6-20(7-5-19)13-3-2-10(8-11(13)15)14(18)12(17)9-16/h2-3,8H,4-7,17-18H2,1H3/b14-12-. The van der Waals surface area contributed by atoms with E-state index in [9.17, 15) is 4.39 Å². The van der Waals surface area contributed by atoms with Crippen molar-refractivity contribution in [1.82, 2.24) is 4.90 Å². The smallest absolute Gasteiger partial charge is 0.147 e. The highest BCUT2D eigenvalue weighted by Crippen LogP contribution is 2.24. The summed E-state index contributed by atoms with van der Waals surface area (Å²) in [5, 5.41) is 8.70. The maximum Gasteiger partial charge on any atom is 0.147 e. The largest absolute Gasteiger partial charge is 0.396 e. The summed E-state index contributed by atoms with van der Waals surface area (Å²) >= 11 is 0. The monoisotopic (exact) mass is 275 g/mol. The Hall–Kier alpha value is -2.26. The molecule has 0 bridgehead atoms. The van der Waals surface area contributed by atoms with E-state index in [2.05, 4.69) is 4.90 Å². The van der Waals surface area contributed by atoms with Gasteiger partial charge in [0, 0.05) is 31.7 Å². The van der Waals surface area contributed by atoms with Gasteiger partial charge in [-0.2, -0.15) is 5.26 Å². The normalized spacial score (nSPS) is 17.6. The second-order valence-corrected chi connectivity index (χ2v) is 4.90. The third-order valence-corrected chi connectivity index (χ3v) is 3.51. The van der Waals surface area contributed by atoms with Crippen LogP contribution in [-0.4, -0.2) is 38.1 Å². The molecule has 1 heterocycles. The first-order valence-electron chi connectivity index (χ1n) is 6.41. The van der Waals surface area contributed by atoms with Gasteiger partial charge in [-0.3, -0.25) is 0 Å². The molecule has 0 unspecified atom stereocenters. The van der Waals surface area contributed by atoms with Crippen molar-refractivity contribution in [1.29, 1.82) is 5.26 Å². The number of anilines is 1. The molecular formula is C14H18FN5. The average Bonchev–Trinajstić information content (AvgIpc) is 2.46. The highest BCUT2D eigenvalue weighted by molar-refractivity contribution is 5.70. The van der Waals surface area contributed by atoms with E-state index in [1.54, 1.807) is 18.2 Å². The number of hydrogen-bond donors (Lipinski definition) is 2.